The fraction of sp³-hybridized carbons (Fsp3) is 0.292. The molecule has 0 spiro atoms. The van der Waals surface area contributed by atoms with Gasteiger partial charge in [-0.2, -0.15) is 0 Å². The second-order valence-electron chi connectivity index (χ2n) is 7.91. The highest BCUT2D eigenvalue weighted by Crippen LogP contribution is 2.25. The third-order valence-electron chi connectivity index (χ3n) is 5.41. The van der Waals surface area contributed by atoms with Gasteiger partial charge in [-0.1, -0.05) is 42.5 Å². The van der Waals surface area contributed by atoms with Crippen LogP contribution in [0.5, 0.6) is 0 Å². The molecule has 0 fully saturated rings. The maximum Gasteiger partial charge on any atom is 0.254 e. The summed E-state index contributed by atoms with van der Waals surface area (Å²) in [6.45, 7) is 1.77. The van der Waals surface area contributed by atoms with Gasteiger partial charge in [0, 0.05) is 25.6 Å². The molecule has 1 heterocycles. The van der Waals surface area contributed by atoms with E-state index in [1.165, 1.54) is 11.8 Å². The van der Waals surface area contributed by atoms with Gasteiger partial charge < -0.3 is 20.6 Å². The normalized spacial score (nSPS) is 20.0. The number of carbonyl (C=O) groups excluding carboxylic acids is 3. The van der Waals surface area contributed by atoms with Crippen molar-refractivity contribution in [1.29, 1.82) is 0 Å². The van der Waals surface area contributed by atoms with Crippen LogP contribution in [0.3, 0.4) is 0 Å². The van der Waals surface area contributed by atoms with E-state index in [2.05, 4.69) is 10.6 Å². The molecule has 3 amide bonds. The van der Waals surface area contributed by atoms with Crippen molar-refractivity contribution in [2.24, 2.45) is 0 Å². The molecular weight excluding hydrogens is 432 g/mol. The van der Waals surface area contributed by atoms with E-state index in [-0.39, 0.29) is 11.5 Å². The van der Waals surface area contributed by atoms with Crippen LogP contribution < -0.4 is 10.6 Å². The van der Waals surface area contributed by atoms with Crippen molar-refractivity contribution in [3.05, 3.63) is 83.4 Å². The lowest BCUT2D eigenvalue weighted by molar-refractivity contribution is -0.137. The Morgan fingerprint density at radius 2 is 1.73 bits per heavy atom. The molecule has 33 heavy (non-hydrogen) atoms. The van der Waals surface area contributed by atoms with E-state index < -0.39 is 47.6 Å². The van der Waals surface area contributed by atoms with E-state index in [9.17, 15) is 28.3 Å². The summed E-state index contributed by atoms with van der Waals surface area (Å²) in [6, 6.07) is 9.45. The van der Waals surface area contributed by atoms with Crippen molar-refractivity contribution in [3.63, 3.8) is 0 Å². The summed E-state index contributed by atoms with van der Waals surface area (Å²) in [7, 11) is 1.62. The first-order chi connectivity index (χ1) is 15.7. The molecule has 174 valence electrons. The zero-order valence-corrected chi connectivity index (χ0v) is 18.2. The lowest BCUT2D eigenvalue weighted by Gasteiger charge is -2.28. The number of carbonyl (C=O) groups is 3. The zero-order chi connectivity index (χ0) is 24.1. The SMILES string of the molecule is C[C@H](NC(=O)[C@H](O)c1cc(F)cc(F)c1)C(=O)N[C@@H]1C(=O)N(C)CC=C[C@H]1c1ccccc1. The highest BCUT2D eigenvalue weighted by molar-refractivity contribution is 5.93. The van der Waals surface area contributed by atoms with Crippen molar-refractivity contribution < 1.29 is 28.3 Å². The molecule has 1 aliphatic rings. The monoisotopic (exact) mass is 457 g/mol. The second kappa shape index (κ2) is 10.4. The largest absolute Gasteiger partial charge is 0.378 e. The van der Waals surface area contributed by atoms with Gasteiger partial charge in [0.05, 0.1) is 0 Å². The maximum absolute atomic E-state index is 13.4. The van der Waals surface area contributed by atoms with Gasteiger partial charge in [0.1, 0.15) is 23.7 Å². The molecule has 0 radical (unpaired) electrons. The lowest BCUT2D eigenvalue weighted by atomic mass is 9.90. The summed E-state index contributed by atoms with van der Waals surface area (Å²) >= 11 is 0. The Kier molecular flexibility index (Phi) is 7.55. The molecular formula is C24H25F2N3O4. The van der Waals surface area contributed by atoms with E-state index in [0.29, 0.717) is 12.6 Å². The predicted octanol–water partition coefficient (Wildman–Crippen LogP) is 1.80. The van der Waals surface area contributed by atoms with E-state index in [4.69, 9.17) is 0 Å². The van der Waals surface area contributed by atoms with Crippen molar-refractivity contribution >= 4 is 17.7 Å². The van der Waals surface area contributed by atoms with Gasteiger partial charge >= 0.3 is 0 Å². The molecule has 0 bridgehead atoms. The van der Waals surface area contributed by atoms with Gasteiger partial charge in [-0.05, 0) is 30.2 Å². The number of likely N-dealkylation sites (N-methyl/N-ethyl adjacent to an activating group) is 1. The smallest absolute Gasteiger partial charge is 0.254 e. The fourth-order valence-electron chi connectivity index (χ4n) is 3.61. The van der Waals surface area contributed by atoms with Crippen molar-refractivity contribution in [2.75, 3.05) is 13.6 Å². The van der Waals surface area contributed by atoms with E-state index in [1.54, 1.807) is 7.05 Å². The first kappa shape index (κ1) is 24.1. The Hall–Kier alpha value is -3.59. The van der Waals surface area contributed by atoms with E-state index in [1.807, 2.05) is 42.5 Å². The molecule has 2 aromatic rings. The van der Waals surface area contributed by atoms with Crippen LogP contribution >= 0.6 is 0 Å². The number of amides is 3. The molecule has 2 aromatic carbocycles. The standard InChI is InChI=1S/C24H25F2N3O4/c1-14(27-23(32)21(30)16-11-17(25)13-18(26)12-16)22(31)28-20-19(15-7-4-3-5-8-15)9-6-10-29(2)24(20)33/h3-9,11-14,19-21,30H,10H2,1-2H3,(H,27,32)(H,28,31)/t14-,19-,20-,21+/m0/s1. The Morgan fingerprint density at radius 1 is 1.09 bits per heavy atom. The van der Waals surface area contributed by atoms with Gasteiger partial charge in [0.2, 0.25) is 11.8 Å². The summed E-state index contributed by atoms with van der Waals surface area (Å²) in [4.78, 5) is 39.6. The van der Waals surface area contributed by atoms with Crippen molar-refractivity contribution in [3.8, 4) is 0 Å². The minimum atomic E-state index is -1.88. The first-order valence-electron chi connectivity index (χ1n) is 10.4. The first-order valence-corrected chi connectivity index (χ1v) is 10.4. The molecule has 0 aliphatic carbocycles. The van der Waals surface area contributed by atoms with Gasteiger partial charge in [-0.25, -0.2) is 8.78 Å². The predicted molar refractivity (Wildman–Crippen MR) is 117 cm³/mol. The number of halogens is 2. The fourth-order valence-corrected chi connectivity index (χ4v) is 3.61. The van der Waals surface area contributed by atoms with Gasteiger partial charge in [-0.3, -0.25) is 14.4 Å². The third-order valence-corrected chi connectivity index (χ3v) is 5.41. The highest BCUT2D eigenvalue weighted by atomic mass is 19.1. The van der Waals surface area contributed by atoms with Crippen LogP contribution in [0.1, 0.15) is 30.1 Å². The number of nitrogens with one attached hydrogen (secondary N) is 2. The van der Waals surface area contributed by atoms with Crippen molar-refractivity contribution in [2.45, 2.75) is 31.0 Å². The van der Waals surface area contributed by atoms with Crippen molar-refractivity contribution in [1.82, 2.24) is 15.5 Å². The molecule has 0 saturated carbocycles. The summed E-state index contributed by atoms with van der Waals surface area (Å²) in [6.07, 6.45) is 1.82. The lowest BCUT2D eigenvalue weighted by Crippen LogP contribution is -2.54. The Labute approximate surface area is 190 Å². The Bertz CT molecular complexity index is 1040. The van der Waals surface area contributed by atoms with Crippen LogP contribution in [0.15, 0.2) is 60.7 Å². The number of hydrogen-bond acceptors (Lipinski definition) is 4. The maximum atomic E-state index is 13.4. The quantitative estimate of drug-likeness (QED) is 0.576. The molecule has 4 atom stereocenters. The van der Waals surface area contributed by atoms with Crippen LogP contribution in [0.4, 0.5) is 8.78 Å². The topological polar surface area (TPSA) is 98.7 Å². The van der Waals surface area contributed by atoms with Crippen LogP contribution in [-0.2, 0) is 14.4 Å². The molecule has 0 aromatic heterocycles. The number of benzene rings is 2. The van der Waals surface area contributed by atoms with Gasteiger partial charge in [-0.15, -0.1) is 0 Å². The Balaban J connectivity index is 1.72. The number of rotatable bonds is 6. The molecule has 9 heteroatoms. The number of hydrogen-bond donors (Lipinski definition) is 3. The summed E-state index contributed by atoms with van der Waals surface area (Å²) < 4.78 is 26.8. The average Bonchev–Trinajstić information content (AvgIpc) is 2.92. The average molecular weight is 457 g/mol. The molecule has 1 aliphatic heterocycles. The van der Waals surface area contributed by atoms with Crippen LogP contribution in [0.25, 0.3) is 0 Å². The molecule has 3 N–H and O–H groups in total. The van der Waals surface area contributed by atoms with Gasteiger partial charge in [0.25, 0.3) is 5.91 Å². The highest BCUT2D eigenvalue weighted by Gasteiger charge is 2.34. The summed E-state index contributed by atoms with van der Waals surface area (Å²) in [5, 5.41) is 15.2. The Morgan fingerprint density at radius 3 is 2.36 bits per heavy atom. The summed E-state index contributed by atoms with van der Waals surface area (Å²) in [5.41, 5.74) is 0.551. The molecule has 3 rings (SSSR count). The molecule has 7 nitrogen and oxygen atoms in total. The molecule has 0 unspecified atom stereocenters. The molecule has 0 saturated heterocycles. The van der Waals surface area contributed by atoms with E-state index in [0.717, 1.165) is 17.7 Å². The van der Waals surface area contributed by atoms with Crippen LogP contribution in [-0.4, -0.2) is 53.4 Å². The second-order valence-corrected chi connectivity index (χ2v) is 7.91. The van der Waals surface area contributed by atoms with E-state index >= 15 is 0 Å². The third kappa shape index (κ3) is 5.81. The number of aliphatic hydroxyl groups is 1. The zero-order valence-electron chi connectivity index (χ0n) is 18.2. The minimum Gasteiger partial charge on any atom is -0.378 e. The van der Waals surface area contributed by atoms with Crippen LogP contribution in [0, 0.1) is 11.6 Å². The number of nitrogens with zero attached hydrogens (tertiary/aromatic N) is 1. The van der Waals surface area contributed by atoms with Gasteiger partial charge in [0.15, 0.2) is 6.10 Å². The summed E-state index contributed by atoms with van der Waals surface area (Å²) in [5.74, 6) is -4.26. The number of aliphatic hydroxyl groups excluding tert-OH is 1. The minimum absolute atomic E-state index is 0.285. The van der Waals surface area contributed by atoms with Crippen LogP contribution in [0.2, 0.25) is 0 Å².